The molecule has 0 radical (unpaired) electrons. The number of hydrogen-bond acceptors (Lipinski definition) is 1. The summed E-state index contributed by atoms with van der Waals surface area (Å²) in [6.07, 6.45) is 0. The standard InChI is InChI=1S/C70H46N2/c1-3-15-59-53(13-1)45-67(63-19-7-5-17-61(59)63)51-29-25-47(26-30-51)49-33-37-55(38-34-49)71(57-41-43-58(44-42-57)72-69-23-11-9-21-65(69)66-22-10-12-24-70(66)72)56-39-35-50(36-40-56)48-27-31-52(32-28-48)68-46-54-14-2-4-16-60(54)62-18-6-8-20-64(62)68/h1-46H. The van der Waals surface area contributed by atoms with Crippen molar-refractivity contribution in [1.29, 1.82) is 0 Å². The summed E-state index contributed by atoms with van der Waals surface area (Å²) in [7, 11) is 0. The predicted octanol–water partition coefficient (Wildman–Crippen LogP) is 19.5. The molecule has 0 saturated carbocycles. The Balaban J connectivity index is 0.808. The van der Waals surface area contributed by atoms with E-state index in [-0.39, 0.29) is 0 Å². The quantitative estimate of drug-likeness (QED) is 0.138. The Morgan fingerprint density at radius 1 is 0.222 bits per heavy atom. The minimum atomic E-state index is 1.08. The van der Waals surface area contributed by atoms with Crippen molar-refractivity contribution in [3.05, 3.63) is 279 Å². The van der Waals surface area contributed by atoms with E-state index in [4.69, 9.17) is 0 Å². The monoisotopic (exact) mass is 914 g/mol. The molecule has 14 rings (SSSR count). The first-order valence-electron chi connectivity index (χ1n) is 24.8. The van der Waals surface area contributed by atoms with Gasteiger partial charge in [0.25, 0.3) is 0 Å². The number of anilines is 3. The van der Waals surface area contributed by atoms with Crippen molar-refractivity contribution in [3.63, 3.8) is 0 Å². The van der Waals surface area contributed by atoms with E-state index in [0.29, 0.717) is 0 Å². The van der Waals surface area contributed by atoms with E-state index < -0.39 is 0 Å². The zero-order valence-electron chi connectivity index (χ0n) is 39.5. The van der Waals surface area contributed by atoms with E-state index in [0.717, 1.165) is 22.7 Å². The summed E-state index contributed by atoms with van der Waals surface area (Å²) in [5.41, 5.74) is 16.4. The molecular formula is C70H46N2. The Hall–Kier alpha value is -9.50. The van der Waals surface area contributed by atoms with Crippen LogP contribution in [-0.4, -0.2) is 4.57 Å². The molecule has 0 N–H and O–H groups in total. The molecule has 2 heteroatoms. The van der Waals surface area contributed by atoms with Crippen LogP contribution in [0.15, 0.2) is 279 Å². The Morgan fingerprint density at radius 3 is 0.917 bits per heavy atom. The van der Waals surface area contributed by atoms with Gasteiger partial charge in [0.05, 0.1) is 11.0 Å². The van der Waals surface area contributed by atoms with Gasteiger partial charge >= 0.3 is 0 Å². The first-order valence-corrected chi connectivity index (χ1v) is 24.8. The summed E-state index contributed by atoms with van der Waals surface area (Å²) in [4.78, 5) is 2.37. The number of hydrogen-bond donors (Lipinski definition) is 0. The minimum Gasteiger partial charge on any atom is -0.311 e. The Bertz CT molecular complexity index is 4080. The summed E-state index contributed by atoms with van der Waals surface area (Å²) in [6, 6.07) is 102. The lowest BCUT2D eigenvalue weighted by molar-refractivity contribution is 1.17. The second kappa shape index (κ2) is 17.2. The summed E-state index contributed by atoms with van der Waals surface area (Å²) >= 11 is 0. The number of para-hydroxylation sites is 2. The SMILES string of the molecule is c1ccc2c(c1)cc(-c1ccc(-c3ccc(N(c4ccc(-c5ccc(-c6cc7ccccc7c7ccccc67)cc5)cc4)c4ccc(-n5c6ccccc6c6ccccc65)cc4)cc3)cc1)c1ccccc12. The maximum absolute atomic E-state index is 2.38. The predicted molar refractivity (Wildman–Crippen MR) is 307 cm³/mol. The summed E-state index contributed by atoms with van der Waals surface area (Å²) in [5.74, 6) is 0. The zero-order valence-corrected chi connectivity index (χ0v) is 39.5. The van der Waals surface area contributed by atoms with Gasteiger partial charge in [0.2, 0.25) is 0 Å². The van der Waals surface area contributed by atoms with E-state index in [1.165, 1.54) is 109 Å². The van der Waals surface area contributed by atoms with Crippen LogP contribution in [0.1, 0.15) is 0 Å². The maximum atomic E-state index is 2.38. The van der Waals surface area contributed by atoms with Crippen molar-refractivity contribution in [2.75, 3.05) is 4.90 Å². The Morgan fingerprint density at radius 2 is 0.514 bits per heavy atom. The number of benzene rings is 13. The molecule has 2 nitrogen and oxygen atoms in total. The molecule has 13 aromatic carbocycles. The number of nitrogens with zero attached hydrogens (tertiary/aromatic N) is 2. The molecule has 0 bridgehead atoms. The summed E-state index contributed by atoms with van der Waals surface area (Å²) in [5, 5.41) is 12.7. The smallest absolute Gasteiger partial charge is 0.0541 e. The molecule has 0 spiro atoms. The molecule has 0 amide bonds. The molecule has 0 fully saturated rings. The van der Waals surface area contributed by atoms with E-state index in [9.17, 15) is 0 Å². The Kier molecular flexibility index (Phi) is 9.89. The summed E-state index contributed by atoms with van der Waals surface area (Å²) < 4.78 is 2.38. The van der Waals surface area contributed by atoms with Gasteiger partial charge in [-0.25, -0.2) is 0 Å². The number of aromatic nitrogens is 1. The van der Waals surface area contributed by atoms with Crippen LogP contribution in [0.25, 0.3) is 115 Å². The number of rotatable bonds is 8. The fourth-order valence-corrected chi connectivity index (χ4v) is 11.3. The molecule has 72 heavy (non-hydrogen) atoms. The van der Waals surface area contributed by atoms with E-state index in [2.05, 4.69) is 289 Å². The van der Waals surface area contributed by atoms with E-state index in [1.54, 1.807) is 0 Å². The van der Waals surface area contributed by atoms with Gasteiger partial charge in [0, 0.05) is 33.5 Å². The minimum absolute atomic E-state index is 1.08. The second-order valence-corrected chi connectivity index (χ2v) is 18.9. The van der Waals surface area contributed by atoms with Gasteiger partial charge in [-0.3, -0.25) is 0 Å². The van der Waals surface area contributed by atoms with Crippen LogP contribution in [0, 0.1) is 0 Å². The van der Waals surface area contributed by atoms with Crippen LogP contribution in [0.5, 0.6) is 0 Å². The van der Waals surface area contributed by atoms with Crippen LogP contribution in [0.2, 0.25) is 0 Å². The highest BCUT2D eigenvalue weighted by molar-refractivity contribution is 6.15. The van der Waals surface area contributed by atoms with E-state index in [1.807, 2.05) is 0 Å². The molecule has 1 aromatic heterocycles. The van der Waals surface area contributed by atoms with Gasteiger partial charge in [-0.1, -0.05) is 206 Å². The molecule has 0 aliphatic rings. The second-order valence-electron chi connectivity index (χ2n) is 18.9. The average Bonchev–Trinajstić information content (AvgIpc) is 3.80. The molecule has 0 aliphatic carbocycles. The lowest BCUT2D eigenvalue weighted by Gasteiger charge is -2.26. The van der Waals surface area contributed by atoms with Gasteiger partial charge in [0.15, 0.2) is 0 Å². The summed E-state index contributed by atoms with van der Waals surface area (Å²) in [6.45, 7) is 0. The first-order chi connectivity index (χ1) is 35.7. The third-order valence-corrected chi connectivity index (χ3v) is 14.8. The van der Waals surface area contributed by atoms with Gasteiger partial charge in [-0.15, -0.1) is 0 Å². The zero-order chi connectivity index (χ0) is 47.5. The Labute approximate surface area is 418 Å². The highest BCUT2D eigenvalue weighted by atomic mass is 15.1. The maximum Gasteiger partial charge on any atom is 0.0541 e. The van der Waals surface area contributed by atoms with Crippen molar-refractivity contribution in [2.24, 2.45) is 0 Å². The van der Waals surface area contributed by atoms with Crippen molar-refractivity contribution in [1.82, 2.24) is 4.57 Å². The first kappa shape index (κ1) is 41.5. The molecule has 14 aromatic rings. The third-order valence-electron chi connectivity index (χ3n) is 14.8. The van der Waals surface area contributed by atoms with Crippen LogP contribution in [0.3, 0.4) is 0 Å². The average molecular weight is 915 g/mol. The molecular weight excluding hydrogens is 869 g/mol. The topological polar surface area (TPSA) is 8.17 Å². The fraction of sp³-hybridized carbons (Fsp3) is 0. The van der Waals surface area contributed by atoms with Crippen LogP contribution in [-0.2, 0) is 0 Å². The van der Waals surface area contributed by atoms with Gasteiger partial charge < -0.3 is 9.47 Å². The van der Waals surface area contributed by atoms with Crippen LogP contribution in [0.4, 0.5) is 17.1 Å². The molecule has 0 saturated heterocycles. The molecule has 1 heterocycles. The van der Waals surface area contributed by atoms with E-state index >= 15 is 0 Å². The van der Waals surface area contributed by atoms with Crippen molar-refractivity contribution < 1.29 is 0 Å². The lowest BCUT2D eigenvalue weighted by atomic mass is 9.92. The van der Waals surface area contributed by atoms with Crippen molar-refractivity contribution in [2.45, 2.75) is 0 Å². The van der Waals surface area contributed by atoms with Gasteiger partial charge in [-0.2, -0.15) is 0 Å². The van der Waals surface area contributed by atoms with Crippen LogP contribution < -0.4 is 4.90 Å². The molecule has 336 valence electrons. The van der Waals surface area contributed by atoms with Gasteiger partial charge in [-0.05, 0) is 160 Å². The van der Waals surface area contributed by atoms with Crippen molar-refractivity contribution in [3.8, 4) is 50.2 Å². The highest BCUT2D eigenvalue weighted by Crippen LogP contribution is 2.41. The van der Waals surface area contributed by atoms with Crippen molar-refractivity contribution >= 4 is 82.0 Å². The molecule has 0 atom stereocenters. The van der Waals surface area contributed by atoms with Gasteiger partial charge in [0.1, 0.15) is 0 Å². The highest BCUT2D eigenvalue weighted by Gasteiger charge is 2.17. The lowest BCUT2D eigenvalue weighted by Crippen LogP contribution is -2.10. The molecule has 0 unspecified atom stereocenters. The molecule has 0 aliphatic heterocycles. The fourth-order valence-electron chi connectivity index (χ4n) is 11.3. The van der Waals surface area contributed by atoms with Crippen LogP contribution >= 0.6 is 0 Å². The largest absolute Gasteiger partial charge is 0.311 e. The normalized spacial score (nSPS) is 11.6. The third kappa shape index (κ3) is 7.03. The number of fused-ring (bicyclic) bond motifs is 9.